The van der Waals surface area contributed by atoms with Crippen molar-refractivity contribution >= 4 is 28.9 Å². The summed E-state index contributed by atoms with van der Waals surface area (Å²) in [4.78, 5) is 32.2. The number of nitrogens with zero attached hydrogens (tertiary/aromatic N) is 2. The number of Topliss-reactive ketones (excluding diaryl/α,β-unsaturated/α-hetero) is 1. The molecule has 158 valence electrons. The average Bonchev–Trinajstić information content (AvgIpc) is 3.47. The van der Waals surface area contributed by atoms with Crippen LogP contribution in [0.5, 0.6) is 0 Å². The van der Waals surface area contributed by atoms with Gasteiger partial charge in [-0.15, -0.1) is 17.9 Å². The molecule has 1 aromatic carbocycles. The van der Waals surface area contributed by atoms with Crippen LogP contribution in [0.4, 0.5) is 0 Å². The minimum Gasteiger partial charge on any atom is -0.292 e. The topological polar surface area (TPSA) is 52.0 Å². The van der Waals surface area contributed by atoms with E-state index in [0.29, 0.717) is 11.7 Å². The molecule has 2 aliphatic rings. The second-order valence-corrected chi connectivity index (χ2v) is 10.2. The van der Waals surface area contributed by atoms with Crippen LogP contribution in [0.15, 0.2) is 64.4 Å². The molecule has 1 fully saturated rings. The summed E-state index contributed by atoms with van der Waals surface area (Å²) in [6, 6.07) is 12.0. The van der Waals surface area contributed by atoms with Crippen molar-refractivity contribution in [2.75, 3.05) is 5.75 Å². The molecule has 1 saturated carbocycles. The van der Waals surface area contributed by atoms with E-state index in [4.69, 9.17) is 4.98 Å². The number of carbonyl (C=O) groups excluding carboxylic acids is 1. The van der Waals surface area contributed by atoms with Gasteiger partial charge >= 0.3 is 0 Å². The first-order valence-electron chi connectivity index (χ1n) is 10.7. The highest BCUT2D eigenvalue weighted by atomic mass is 32.2. The minimum absolute atomic E-state index is 0.0346. The lowest BCUT2D eigenvalue weighted by Gasteiger charge is -2.36. The van der Waals surface area contributed by atoms with Crippen LogP contribution in [-0.4, -0.2) is 21.1 Å². The molecule has 2 aliphatic carbocycles. The molecule has 2 aromatic heterocycles. The van der Waals surface area contributed by atoms with Gasteiger partial charge < -0.3 is 0 Å². The van der Waals surface area contributed by atoms with Gasteiger partial charge in [-0.3, -0.25) is 14.2 Å². The van der Waals surface area contributed by atoms with E-state index in [1.54, 1.807) is 10.6 Å². The molecule has 3 aromatic rings. The predicted molar refractivity (Wildman–Crippen MR) is 127 cm³/mol. The summed E-state index contributed by atoms with van der Waals surface area (Å²) >= 11 is 2.79. The van der Waals surface area contributed by atoms with Gasteiger partial charge in [0, 0.05) is 17.5 Å². The standard InChI is InChI=1S/C25H24N2O2S2/c1-2-13-27-23(29)21-22(26-24(27)31-16-19(28)20-10-7-14-30-20)18-9-4-3-8-17(18)15-25(21)11-5-6-12-25/h2-4,7-10,14H,1,5-6,11-13,15-16H2. The van der Waals surface area contributed by atoms with Crippen LogP contribution in [0.25, 0.3) is 11.3 Å². The van der Waals surface area contributed by atoms with Crippen LogP contribution in [0.3, 0.4) is 0 Å². The number of fused-ring (bicyclic) bond motifs is 4. The fourth-order valence-electron chi connectivity index (χ4n) is 5.08. The van der Waals surface area contributed by atoms with E-state index in [2.05, 4.69) is 24.8 Å². The van der Waals surface area contributed by atoms with Crippen LogP contribution >= 0.6 is 23.1 Å². The molecular weight excluding hydrogens is 424 g/mol. The van der Waals surface area contributed by atoms with E-state index >= 15 is 0 Å². The average molecular weight is 449 g/mol. The van der Waals surface area contributed by atoms with Crippen molar-refractivity contribution in [3.8, 4) is 11.3 Å². The van der Waals surface area contributed by atoms with Crippen LogP contribution in [-0.2, 0) is 18.4 Å². The van der Waals surface area contributed by atoms with Gasteiger partial charge in [-0.25, -0.2) is 4.98 Å². The Morgan fingerprint density at radius 3 is 2.77 bits per heavy atom. The Morgan fingerprint density at radius 1 is 1.23 bits per heavy atom. The lowest BCUT2D eigenvalue weighted by atomic mass is 9.68. The molecule has 2 heterocycles. The number of hydrogen-bond donors (Lipinski definition) is 0. The molecule has 31 heavy (non-hydrogen) atoms. The number of ketones is 1. The van der Waals surface area contributed by atoms with E-state index in [1.165, 1.54) is 28.7 Å². The van der Waals surface area contributed by atoms with Crippen molar-refractivity contribution < 1.29 is 4.79 Å². The molecule has 0 amide bonds. The monoisotopic (exact) mass is 448 g/mol. The third-order valence-corrected chi connectivity index (χ3v) is 8.35. The molecule has 0 bridgehead atoms. The number of carbonyl (C=O) groups is 1. The summed E-state index contributed by atoms with van der Waals surface area (Å²) < 4.78 is 1.71. The molecule has 0 saturated heterocycles. The second kappa shape index (κ2) is 8.24. The number of allylic oxidation sites excluding steroid dienone is 1. The maximum atomic E-state index is 13.8. The zero-order valence-electron chi connectivity index (χ0n) is 17.3. The van der Waals surface area contributed by atoms with E-state index in [0.717, 1.165) is 53.8 Å². The number of rotatable bonds is 6. The molecule has 0 radical (unpaired) electrons. The molecule has 1 spiro atoms. The van der Waals surface area contributed by atoms with Crippen LogP contribution < -0.4 is 5.56 Å². The maximum absolute atomic E-state index is 13.8. The van der Waals surface area contributed by atoms with Crippen molar-refractivity contribution in [3.63, 3.8) is 0 Å². The van der Waals surface area contributed by atoms with Gasteiger partial charge in [0.1, 0.15) is 0 Å². The fourth-order valence-corrected chi connectivity index (χ4v) is 6.72. The third kappa shape index (κ3) is 3.52. The molecule has 4 nitrogen and oxygen atoms in total. The minimum atomic E-state index is -0.118. The predicted octanol–water partition coefficient (Wildman–Crippen LogP) is 5.50. The molecule has 6 heteroatoms. The van der Waals surface area contributed by atoms with Gasteiger partial charge in [0.05, 0.1) is 21.9 Å². The van der Waals surface area contributed by atoms with Crippen LogP contribution in [0.2, 0.25) is 0 Å². The normalized spacial score (nSPS) is 16.1. The van der Waals surface area contributed by atoms with Gasteiger partial charge in [-0.1, -0.05) is 61.0 Å². The van der Waals surface area contributed by atoms with E-state index in [1.807, 2.05) is 23.6 Å². The molecule has 0 atom stereocenters. The smallest absolute Gasteiger partial charge is 0.258 e. The zero-order chi connectivity index (χ0) is 21.4. The summed E-state index contributed by atoms with van der Waals surface area (Å²) in [5.41, 5.74) is 3.94. The summed E-state index contributed by atoms with van der Waals surface area (Å²) in [5.74, 6) is 0.320. The highest BCUT2D eigenvalue weighted by Crippen LogP contribution is 2.49. The summed E-state index contributed by atoms with van der Waals surface area (Å²) in [6.07, 6.45) is 7.00. The largest absolute Gasteiger partial charge is 0.292 e. The Bertz CT molecular complexity index is 1200. The van der Waals surface area contributed by atoms with Gasteiger partial charge in [0.25, 0.3) is 5.56 Å². The molecule has 0 N–H and O–H groups in total. The summed E-state index contributed by atoms with van der Waals surface area (Å²) in [7, 11) is 0. The lowest BCUT2D eigenvalue weighted by molar-refractivity contribution is 0.102. The Balaban J connectivity index is 1.64. The van der Waals surface area contributed by atoms with Crippen molar-refractivity contribution in [1.29, 1.82) is 0 Å². The van der Waals surface area contributed by atoms with Gasteiger partial charge in [-0.2, -0.15) is 0 Å². The Kier molecular flexibility index (Phi) is 5.44. The Labute approximate surface area is 190 Å². The SMILES string of the molecule is C=CCn1c(SCC(=O)c2cccs2)nc2c(c1=O)C1(CCCC1)Cc1ccccc1-2. The molecule has 0 aliphatic heterocycles. The van der Waals surface area contributed by atoms with Crippen LogP contribution in [0.1, 0.15) is 46.5 Å². The highest BCUT2D eigenvalue weighted by molar-refractivity contribution is 7.99. The number of hydrogen-bond acceptors (Lipinski definition) is 5. The van der Waals surface area contributed by atoms with Crippen LogP contribution in [0, 0.1) is 0 Å². The van der Waals surface area contributed by atoms with E-state index in [-0.39, 0.29) is 22.5 Å². The first-order chi connectivity index (χ1) is 15.1. The number of aromatic nitrogens is 2. The van der Waals surface area contributed by atoms with Crippen molar-refractivity contribution in [1.82, 2.24) is 9.55 Å². The quantitative estimate of drug-likeness (QED) is 0.216. The van der Waals surface area contributed by atoms with Gasteiger partial charge in [0.2, 0.25) is 0 Å². The zero-order valence-corrected chi connectivity index (χ0v) is 18.9. The van der Waals surface area contributed by atoms with Crippen molar-refractivity contribution in [2.24, 2.45) is 0 Å². The number of thioether (sulfide) groups is 1. The lowest BCUT2D eigenvalue weighted by Crippen LogP contribution is -2.40. The Morgan fingerprint density at radius 2 is 2.03 bits per heavy atom. The van der Waals surface area contributed by atoms with Crippen molar-refractivity contribution in [3.05, 3.63) is 80.8 Å². The van der Waals surface area contributed by atoms with Gasteiger partial charge in [0.15, 0.2) is 10.9 Å². The molecular formula is C25H24N2O2S2. The highest BCUT2D eigenvalue weighted by Gasteiger charge is 2.44. The maximum Gasteiger partial charge on any atom is 0.258 e. The summed E-state index contributed by atoms with van der Waals surface area (Å²) in [6.45, 7) is 4.24. The first kappa shape index (κ1) is 20.5. The summed E-state index contributed by atoms with van der Waals surface area (Å²) in [5, 5.41) is 2.50. The van der Waals surface area contributed by atoms with Crippen molar-refractivity contribution in [2.45, 2.75) is 49.2 Å². The third-order valence-electron chi connectivity index (χ3n) is 6.47. The number of thiophene rings is 1. The second-order valence-electron chi connectivity index (χ2n) is 8.33. The molecule has 5 rings (SSSR count). The van der Waals surface area contributed by atoms with E-state index in [9.17, 15) is 9.59 Å². The number of benzene rings is 1. The first-order valence-corrected chi connectivity index (χ1v) is 12.5. The fraction of sp³-hybridized carbons (Fsp3) is 0.320. The van der Waals surface area contributed by atoms with E-state index < -0.39 is 0 Å². The Hall–Kier alpha value is -2.44. The van der Waals surface area contributed by atoms with Gasteiger partial charge in [-0.05, 0) is 36.3 Å². The molecule has 0 unspecified atom stereocenters.